The molecule has 0 amide bonds. The summed E-state index contributed by atoms with van der Waals surface area (Å²) >= 11 is 0. The number of benzene rings is 1. The van der Waals surface area contributed by atoms with Gasteiger partial charge in [-0.15, -0.1) is 0 Å². The number of anilines is 2. The Kier molecular flexibility index (Phi) is 4.15. The lowest BCUT2D eigenvalue weighted by atomic mass is 10.2. The molecule has 0 bridgehead atoms. The summed E-state index contributed by atoms with van der Waals surface area (Å²) in [7, 11) is 0. The fraction of sp³-hybridized carbons (Fsp3) is 0.412. The van der Waals surface area contributed by atoms with Gasteiger partial charge in [-0.2, -0.15) is 0 Å². The second-order valence-electron chi connectivity index (χ2n) is 5.60. The van der Waals surface area contributed by atoms with Crippen LogP contribution in [0.3, 0.4) is 0 Å². The van der Waals surface area contributed by atoms with Gasteiger partial charge in [0.15, 0.2) is 5.82 Å². The Morgan fingerprint density at radius 3 is 2.71 bits per heavy atom. The molecule has 1 saturated carbocycles. The van der Waals surface area contributed by atoms with Crippen LogP contribution in [0.25, 0.3) is 0 Å². The molecule has 1 N–H and O–H groups in total. The first kappa shape index (κ1) is 14.0. The number of rotatable bonds is 6. The zero-order valence-electron chi connectivity index (χ0n) is 12.7. The quantitative estimate of drug-likeness (QED) is 0.883. The smallest absolute Gasteiger partial charge is 0.151 e. The van der Waals surface area contributed by atoms with Crippen molar-refractivity contribution in [3.63, 3.8) is 0 Å². The lowest BCUT2D eigenvalue weighted by Crippen LogP contribution is -2.19. The predicted molar refractivity (Wildman–Crippen MR) is 85.8 cm³/mol. The molecule has 0 aliphatic heterocycles. The van der Waals surface area contributed by atoms with Crippen LogP contribution in [0.5, 0.6) is 0 Å². The highest BCUT2D eigenvalue weighted by Crippen LogP contribution is 2.23. The fourth-order valence-corrected chi connectivity index (χ4v) is 2.39. The first-order valence-electron chi connectivity index (χ1n) is 7.65. The van der Waals surface area contributed by atoms with E-state index in [0.717, 1.165) is 30.3 Å². The van der Waals surface area contributed by atoms with E-state index in [4.69, 9.17) is 0 Å². The molecule has 110 valence electrons. The van der Waals surface area contributed by atoms with E-state index in [0.29, 0.717) is 6.04 Å². The SMILES string of the molecule is CCN(c1cccc(C)c1)c1cnc(CNC2CC2)cn1. The van der Waals surface area contributed by atoms with Crippen LogP contribution in [0.1, 0.15) is 31.0 Å². The minimum atomic E-state index is 0.700. The molecule has 1 aromatic heterocycles. The van der Waals surface area contributed by atoms with Crippen LogP contribution in [0.2, 0.25) is 0 Å². The van der Waals surface area contributed by atoms with Crippen molar-refractivity contribution in [2.75, 3.05) is 11.4 Å². The Morgan fingerprint density at radius 2 is 2.10 bits per heavy atom. The van der Waals surface area contributed by atoms with Gasteiger partial charge in [0.2, 0.25) is 0 Å². The van der Waals surface area contributed by atoms with E-state index in [2.05, 4.69) is 58.3 Å². The van der Waals surface area contributed by atoms with Crippen LogP contribution >= 0.6 is 0 Å². The van der Waals surface area contributed by atoms with Gasteiger partial charge in [0.05, 0.1) is 18.1 Å². The number of nitrogens with one attached hydrogen (secondary N) is 1. The van der Waals surface area contributed by atoms with Gasteiger partial charge in [-0.1, -0.05) is 12.1 Å². The maximum atomic E-state index is 4.58. The second kappa shape index (κ2) is 6.22. The molecule has 0 spiro atoms. The standard InChI is InChI=1S/C17H22N4/c1-3-21(16-6-4-5-13(2)9-16)17-12-19-15(11-20-17)10-18-14-7-8-14/h4-6,9,11-12,14,18H,3,7-8,10H2,1-2H3. The number of hydrogen-bond acceptors (Lipinski definition) is 4. The van der Waals surface area contributed by atoms with Crippen LogP contribution in [0.4, 0.5) is 11.5 Å². The topological polar surface area (TPSA) is 41.1 Å². The van der Waals surface area contributed by atoms with Gasteiger partial charge < -0.3 is 10.2 Å². The lowest BCUT2D eigenvalue weighted by Gasteiger charge is -2.22. The predicted octanol–water partition coefficient (Wildman–Crippen LogP) is 3.20. The summed E-state index contributed by atoms with van der Waals surface area (Å²) in [6, 6.07) is 9.17. The third-order valence-corrected chi connectivity index (χ3v) is 3.75. The van der Waals surface area contributed by atoms with Gasteiger partial charge in [0, 0.05) is 24.8 Å². The molecule has 2 aromatic rings. The van der Waals surface area contributed by atoms with E-state index in [-0.39, 0.29) is 0 Å². The van der Waals surface area contributed by atoms with Gasteiger partial charge in [-0.25, -0.2) is 4.98 Å². The Morgan fingerprint density at radius 1 is 1.24 bits per heavy atom. The molecule has 0 saturated heterocycles. The number of hydrogen-bond donors (Lipinski definition) is 1. The summed E-state index contributed by atoms with van der Waals surface area (Å²) < 4.78 is 0. The summed E-state index contributed by atoms with van der Waals surface area (Å²) in [6.07, 6.45) is 6.34. The minimum Gasteiger partial charge on any atom is -0.325 e. The third-order valence-electron chi connectivity index (χ3n) is 3.75. The van der Waals surface area contributed by atoms with Crippen molar-refractivity contribution in [2.45, 2.75) is 39.3 Å². The molecule has 0 radical (unpaired) electrons. The zero-order chi connectivity index (χ0) is 14.7. The first-order chi connectivity index (χ1) is 10.3. The Balaban J connectivity index is 1.73. The van der Waals surface area contributed by atoms with Crippen molar-refractivity contribution < 1.29 is 0 Å². The summed E-state index contributed by atoms with van der Waals surface area (Å²) in [4.78, 5) is 11.3. The molecule has 4 heteroatoms. The molecule has 1 fully saturated rings. The molecule has 21 heavy (non-hydrogen) atoms. The monoisotopic (exact) mass is 282 g/mol. The first-order valence-corrected chi connectivity index (χ1v) is 7.65. The molecular weight excluding hydrogens is 260 g/mol. The maximum Gasteiger partial charge on any atom is 0.151 e. The van der Waals surface area contributed by atoms with Gasteiger partial charge in [0.1, 0.15) is 0 Å². The molecule has 1 aromatic carbocycles. The maximum absolute atomic E-state index is 4.58. The van der Waals surface area contributed by atoms with E-state index in [9.17, 15) is 0 Å². The van der Waals surface area contributed by atoms with Gasteiger partial charge in [-0.3, -0.25) is 4.98 Å². The summed E-state index contributed by atoms with van der Waals surface area (Å²) in [5.41, 5.74) is 3.42. The van der Waals surface area contributed by atoms with Crippen molar-refractivity contribution in [3.8, 4) is 0 Å². The third kappa shape index (κ3) is 3.58. The average molecular weight is 282 g/mol. The minimum absolute atomic E-state index is 0.700. The van der Waals surface area contributed by atoms with Crippen molar-refractivity contribution in [3.05, 3.63) is 47.9 Å². The highest BCUT2D eigenvalue weighted by Gasteiger charge is 2.20. The van der Waals surface area contributed by atoms with E-state index >= 15 is 0 Å². The fourth-order valence-electron chi connectivity index (χ4n) is 2.39. The molecular formula is C17H22N4. The van der Waals surface area contributed by atoms with Crippen molar-refractivity contribution in [1.29, 1.82) is 0 Å². The van der Waals surface area contributed by atoms with Gasteiger partial charge in [-0.05, 0) is 44.4 Å². The summed E-state index contributed by atoms with van der Waals surface area (Å²) in [5, 5.41) is 3.46. The zero-order valence-corrected chi connectivity index (χ0v) is 12.7. The normalized spacial score (nSPS) is 14.2. The second-order valence-corrected chi connectivity index (χ2v) is 5.60. The van der Waals surface area contributed by atoms with Crippen LogP contribution in [0.15, 0.2) is 36.7 Å². The number of aromatic nitrogens is 2. The van der Waals surface area contributed by atoms with E-state index in [1.807, 2.05) is 12.4 Å². The van der Waals surface area contributed by atoms with E-state index < -0.39 is 0 Å². The molecule has 1 aliphatic rings. The Bertz CT molecular complexity index is 590. The van der Waals surface area contributed by atoms with E-state index in [1.54, 1.807) is 0 Å². The molecule has 1 aliphatic carbocycles. The average Bonchev–Trinajstić information content (AvgIpc) is 3.32. The molecule has 0 atom stereocenters. The van der Waals surface area contributed by atoms with Crippen LogP contribution in [-0.4, -0.2) is 22.6 Å². The Labute approximate surface area is 126 Å². The highest BCUT2D eigenvalue weighted by molar-refractivity contribution is 5.59. The molecule has 1 heterocycles. The van der Waals surface area contributed by atoms with Gasteiger partial charge in [0.25, 0.3) is 0 Å². The lowest BCUT2D eigenvalue weighted by molar-refractivity contribution is 0.671. The summed E-state index contributed by atoms with van der Waals surface area (Å²) in [5.74, 6) is 0.901. The number of aryl methyl sites for hydroxylation is 1. The van der Waals surface area contributed by atoms with Crippen LogP contribution < -0.4 is 10.2 Å². The number of nitrogens with zero attached hydrogens (tertiary/aromatic N) is 3. The largest absolute Gasteiger partial charge is 0.325 e. The van der Waals surface area contributed by atoms with Crippen LogP contribution in [0, 0.1) is 6.92 Å². The van der Waals surface area contributed by atoms with Gasteiger partial charge >= 0.3 is 0 Å². The summed E-state index contributed by atoms with van der Waals surface area (Å²) in [6.45, 7) is 5.93. The molecule has 3 rings (SSSR count). The van der Waals surface area contributed by atoms with Crippen molar-refractivity contribution in [2.24, 2.45) is 0 Å². The Hall–Kier alpha value is -1.94. The highest BCUT2D eigenvalue weighted by atomic mass is 15.2. The van der Waals surface area contributed by atoms with Crippen LogP contribution in [-0.2, 0) is 6.54 Å². The molecule has 0 unspecified atom stereocenters. The van der Waals surface area contributed by atoms with Crippen molar-refractivity contribution >= 4 is 11.5 Å². The molecule has 4 nitrogen and oxygen atoms in total. The van der Waals surface area contributed by atoms with E-state index in [1.165, 1.54) is 18.4 Å². The van der Waals surface area contributed by atoms with Crippen molar-refractivity contribution in [1.82, 2.24) is 15.3 Å².